The Labute approximate surface area is 200 Å². The Balaban J connectivity index is 1.68. The van der Waals surface area contributed by atoms with Gasteiger partial charge in [-0.1, -0.05) is 13.0 Å². The van der Waals surface area contributed by atoms with Gasteiger partial charge in [0.1, 0.15) is 11.3 Å². The van der Waals surface area contributed by atoms with Crippen molar-refractivity contribution in [3.05, 3.63) is 59.2 Å². The van der Waals surface area contributed by atoms with Gasteiger partial charge in [-0.15, -0.1) is 0 Å². The van der Waals surface area contributed by atoms with E-state index in [1.807, 2.05) is 13.0 Å². The molecule has 0 saturated carbocycles. The molecule has 2 aromatic carbocycles. The van der Waals surface area contributed by atoms with Gasteiger partial charge >= 0.3 is 0 Å². The van der Waals surface area contributed by atoms with Gasteiger partial charge < -0.3 is 9.64 Å². The van der Waals surface area contributed by atoms with Crippen molar-refractivity contribution in [2.75, 3.05) is 23.5 Å². The minimum absolute atomic E-state index is 0.0505. The summed E-state index contributed by atoms with van der Waals surface area (Å²) >= 11 is 5.30. The number of anilines is 2. The second-order valence-corrected chi connectivity index (χ2v) is 9.57. The molecule has 0 aliphatic carbocycles. The van der Waals surface area contributed by atoms with Gasteiger partial charge in [0.2, 0.25) is 0 Å². The number of ether oxygens (including phenoxy) is 1. The lowest BCUT2D eigenvalue weighted by atomic mass is 9.80. The number of benzene rings is 2. The minimum atomic E-state index is -0.490. The summed E-state index contributed by atoms with van der Waals surface area (Å²) in [7, 11) is 2.11. The van der Waals surface area contributed by atoms with Crippen LogP contribution in [0.3, 0.4) is 0 Å². The van der Waals surface area contributed by atoms with Crippen molar-refractivity contribution in [1.29, 1.82) is 0 Å². The maximum Gasteiger partial charge on any atom is 0.270 e. The molecule has 2 aromatic rings. The Hall–Kier alpha value is -3.19. The molecule has 0 spiro atoms. The van der Waals surface area contributed by atoms with Crippen molar-refractivity contribution in [2.24, 2.45) is 0 Å². The molecule has 0 unspecified atom stereocenters. The zero-order valence-electron chi connectivity index (χ0n) is 19.6. The molecule has 0 bridgehead atoms. The summed E-state index contributed by atoms with van der Waals surface area (Å²) in [6, 6.07) is 13.2. The van der Waals surface area contributed by atoms with Gasteiger partial charge in [-0.3, -0.25) is 19.8 Å². The molecular formula is C26H29N3O3S. The molecule has 2 aliphatic heterocycles. The molecule has 172 valence electrons. The lowest BCUT2D eigenvalue weighted by molar-refractivity contribution is -0.122. The first-order valence-corrected chi connectivity index (χ1v) is 11.6. The van der Waals surface area contributed by atoms with Crippen LogP contribution in [0.1, 0.15) is 51.2 Å². The summed E-state index contributed by atoms with van der Waals surface area (Å²) < 4.78 is 5.47. The Morgan fingerprint density at radius 1 is 1.18 bits per heavy atom. The Morgan fingerprint density at radius 2 is 1.88 bits per heavy atom. The van der Waals surface area contributed by atoms with Crippen molar-refractivity contribution >= 4 is 46.6 Å². The highest BCUT2D eigenvalue weighted by molar-refractivity contribution is 7.80. The summed E-state index contributed by atoms with van der Waals surface area (Å²) in [5.41, 5.74) is 3.90. The number of carbonyl (C=O) groups is 2. The van der Waals surface area contributed by atoms with Gasteiger partial charge in [0.05, 0.1) is 12.3 Å². The fourth-order valence-corrected chi connectivity index (χ4v) is 4.88. The van der Waals surface area contributed by atoms with Crippen LogP contribution in [-0.4, -0.2) is 36.1 Å². The van der Waals surface area contributed by atoms with Crippen LogP contribution < -0.4 is 19.9 Å². The molecule has 2 heterocycles. The average Bonchev–Trinajstić information content (AvgIpc) is 2.76. The topological polar surface area (TPSA) is 61.9 Å². The normalized spacial score (nSPS) is 21.2. The van der Waals surface area contributed by atoms with E-state index in [9.17, 15) is 9.59 Å². The maximum absolute atomic E-state index is 13.3. The van der Waals surface area contributed by atoms with Gasteiger partial charge in [-0.05, 0) is 98.9 Å². The van der Waals surface area contributed by atoms with Crippen LogP contribution in [0.2, 0.25) is 0 Å². The lowest BCUT2D eigenvalue weighted by Crippen LogP contribution is -2.54. The molecule has 1 saturated heterocycles. The number of carbonyl (C=O) groups excluding carboxylic acids is 2. The summed E-state index contributed by atoms with van der Waals surface area (Å²) in [4.78, 5) is 29.6. The molecule has 2 aliphatic rings. The van der Waals surface area contributed by atoms with E-state index < -0.39 is 11.8 Å². The molecule has 2 amide bonds. The van der Waals surface area contributed by atoms with Crippen molar-refractivity contribution in [3.8, 4) is 5.75 Å². The van der Waals surface area contributed by atoms with E-state index in [0.717, 1.165) is 12.0 Å². The number of fused-ring (bicyclic) bond motifs is 1. The van der Waals surface area contributed by atoms with E-state index in [-0.39, 0.29) is 16.2 Å². The summed E-state index contributed by atoms with van der Waals surface area (Å²) in [5, 5.41) is 2.71. The Morgan fingerprint density at radius 3 is 2.55 bits per heavy atom. The van der Waals surface area contributed by atoms with Crippen LogP contribution in [0.15, 0.2) is 48.0 Å². The molecule has 7 heteroatoms. The van der Waals surface area contributed by atoms with Gasteiger partial charge in [0.15, 0.2) is 5.11 Å². The van der Waals surface area contributed by atoms with Gasteiger partial charge in [0, 0.05) is 18.3 Å². The number of thiocarbonyl (C=S) groups is 1. The monoisotopic (exact) mass is 463 g/mol. The number of nitrogens with zero attached hydrogens (tertiary/aromatic N) is 2. The zero-order valence-corrected chi connectivity index (χ0v) is 20.5. The summed E-state index contributed by atoms with van der Waals surface area (Å²) in [5.74, 6) is 0.134. The SMILES string of the molecule is CCOc1ccc(N2C(=O)/C(=C/c3ccc4c(c3)[C@H](C)CC(C)(C)N4C)C(=O)NC2=S)cc1. The molecular weight excluding hydrogens is 434 g/mol. The van der Waals surface area contributed by atoms with Gasteiger partial charge in [-0.2, -0.15) is 0 Å². The number of hydrogen-bond donors (Lipinski definition) is 1. The average molecular weight is 464 g/mol. The van der Waals surface area contributed by atoms with E-state index in [1.54, 1.807) is 30.3 Å². The predicted molar refractivity (Wildman–Crippen MR) is 136 cm³/mol. The predicted octanol–water partition coefficient (Wildman–Crippen LogP) is 4.64. The van der Waals surface area contributed by atoms with Gasteiger partial charge in [0.25, 0.3) is 11.8 Å². The molecule has 1 atom stereocenters. The molecule has 1 N–H and O–H groups in total. The molecule has 4 rings (SSSR count). The van der Waals surface area contributed by atoms with Crippen LogP contribution in [-0.2, 0) is 9.59 Å². The minimum Gasteiger partial charge on any atom is -0.494 e. The lowest BCUT2D eigenvalue weighted by Gasteiger charge is -2.45. The van der Waals surface area contributed by atoms with Crippen LogP contribution in [0, 0.1) is 0 Å². The van der Waals surface area contributed by atoms with E-state index in [2.05, 4.69) is 50.2 Å². The third-order valence-corrected chi connectivity index (χ3v) is 6.76. The highest BCUT2D eigenvalue weighted by Gasteiger charge is 2.36. The smallest absolute Gasteiger partial charge is 0.270 e. The van der Waals surface area contributed by atoms with Crippen LogP contribution in [0.25, 0.3) is 6.08 Å². The first kappa shape index (κ1) is 23.0. The molecule has 33 heavy (non-hydrogen) atoms. The first-order valence-electron chi connectivity index (χ1n) is 11.1. The third-order valence-electron chi connectivity index (χ3n) is 6.48. The Kier molecular flexibility index (Phi) is 6.01. The zero-order chi connectivity index (χ0) is 23.9. The molecule has 6 nitrogen and oxygen atoms in total. The van der Waals surface area contributed by atoms with Gasteiger partial charge in [-0.25, -0.2) is 0 Å². The van der Waals surface area contributed by atoms with Crippen molar-refractivity contribution in [3.63, 3.8) is 0 Å². The molecule has 0 radical (unpaired) electrons. The van der Waals surface area contributed by atoms with E-state index in [4.69, 9.17) is 17.0 Å². The quantitative estimate of drug-likeness (QED) is 0.407. The van der Waals surface area contributed by atoms with E-state index >= 15 is 0 Å². The molecule has 0 aromatic heterocycles. The van der Waals surface area contributed by atoms with Crippen LogP contribution in [0.4, 0.5) is 11.4 Å². The molecule has 1 fully saturated rings. The van der Waals surface area contributed by atoms with Crippen LogP contribution in [0.5, 0.6) is 5.75 Å². The van der Waals surface area contributed by atoms with E-state index in [1.165, 1.54) is 16.2 Å². The highest BCUT2D eigenvalue weighted by atomic mass is 32.1. The van der Waals surface area contributed by atoms with Crippen molar-refractivity contribution in [2.45, 2.75) is 45.6 Å². The maximum atomic E-state index is 13.3. The second kappa shape index (κ2) is 8.63. The summed E-state index contributed by atoms with van der Waals surface area (Å²) in [6.45, 7) is 9.16. The fourth-order valence-electron chi connectivity index (χ4n) is 4.60. The Bertz CT molecular complexity index is 1150. The van der Waals surface area contributed by atoms with Crippen molar-refractivity contribution < 1.29 is 14.3 Å². The van der Waals surface area contributed by atoms with Crippen molar-refractivity contribution in [1.82, 2.24) is 5.32 Å². The highest BCUT2D eigenvalue weighted by Crippen LogP contribution is 2.42. The number of amides is 2. The second-order valence-electron chi connectivity index (χ2n) is 9.18. The standard InChI is InChI=1S/C26H29N3O3S/c1-6-32-19-10-8-18(9-11-19)29-24(31)21(23(30)27-25(29)33)14-17-7-12-22-20(13-17)16(2)15-26(3,4)28(22)5/h7-14,16H,6,15H2,1-5H3,(H,27,30,33)/b21-14+/t16-/m1/s1. The first-order chi connectivity index (χ1) is 15.6. The summed E-state index contributed by atoms with van der Waals surface area (Å²) in [6.07, 6.45) is 2.67. The van der Waals surface area contributed by atoms with Crippen LogP contribution >= 0.6 is 12.2 Å². The third kappa shape index (κ3) is 4.25. The van der Waals surface area contributed by atoms with E-state index in [0.29, 0.717) is 24.0 Å². The fraction of sp³-hybridized carbons (Fsp3) is 0.346. The largest absolute Gasteiger partial charge is 0.494 e. The number of rotatable bonds is 4. The number of nitrogens with one attached hydrogen (secondary N) is 1. The number of hydrogen-bond acceptors (Lipinski definition) is 5.